The van der Waals surface area contributed by atoms with E-state index in [0.29, 0.717) is 0 Å². The Labute approximate surface area is 212 Å². The Morgan fingerprint density at radius 3 is 1.14 bits per heavy atom. The van der Waals surface area contributed by atoms with Crippen molar-refractivity contribution in [2.45, 2.75) is 19.5 Å². The summed E-state index contributed by atoms with van der Waals surface area (Å²) in [6, 6.07) is 40.1. The van der Waals surface area contributed by atoms with Crippen molar-refractivity contribution in [3.8, 4) is 0 Å². The first-order valence-electron chi connectivity index (χ1n) is 13.1. The predicted molar refractivity (Wildman–Crippen MR) is 153 cm³/mol. The molecular weight excluding hydrogens is 436 g/mol. The molecule has 1 aliphatic heterocycles. The molecule has 36 heavy (non-hydrogen) atoms. The van der Waals surface area contributed by atoms with Gasteiger partial charge in [0.15, 0.2) is 0 Å². The summed E-state index contributed by atoms with van der Waals surface area (Å²) >= 11 is 0. The first-order valence-corrected chi connectivity index (χ1v) is 13.1. The van der Waals surface area contributed by atoms with Crippen LogP contribution in [0.25, 0.3) is 43.1 Å². The minimum Gasteiger partial charge on any atom is -0.286 e. The Hall–Kier alpha value is -3.72. The van der Waals surface area contributed by atoms with E-state index in [9.17, 15) is 0 Å². The van der Waals surface area contributed by atoms with Crippen LogP contribution in [0, 0.1) is 0 Å². The topological polar surface area (TPSA) is 6.48 Å². The van der Waals surface area contributed by atoms with E-state index in [2.05, 4.69) is 119 Å². The fourth-order valence-electron chi connectivity index (χ4n) is 6.20. The van der Waals surface area contributed by atoms with Crippen LogP contribution in [0.1, 0.15) is 17.5 Å². The third kappa shape index (κ3) is 3.83. The highest BCUT2D eigenvalue weighted by molar-refractivity contribution is 6.03. The summed E-state index contributed by atoms with van der Waals surface area (Å²) in [5, 5.41) is 10.9. The lowest BCUT2D eigenvalue weighted by atomic mass is 9.96. The predicted octanol–water partition coefficient (Wildman–Crippen LogP) is 7.96. The summed E-state index contributed by atoms with van der Waals surface area (Å²) in [5.74, 6) is 0. The Bertz CT molecular complexity index is 1480. The van der Waals surface area contributed by atoms with Gasteiger partial charge in [0.25, 0.3) is 0 Å². The second kappa shape index (κ2) is 9.05. The average molecular weight is 467 g/mol. The molecule has 0 radical (unpaired) electrons. The van der Waals surface area contributed by atoms with Crippen LogP contribution < -0.4 is 0 Å². The molecule has 2 nitrogen and oxygen atoms in total. The maximum Gasteiger partial charge on any atom is 0.0512 e. The highest BCUT2D eigenvalue weighted by atomic mass is 15.3. The Morgan fingerprint density at radius 2 is 0.778 bits per heavy atom. The van der Waals surface area contributed by atoms with Gasteiger partial charge >= 0.3 is 0 Å². The van der Waals surface area contributed by atoms with Gasteiger partial charge in [0.05, 0.1) is 6.67 Å². The van der Waals surface area contributed by atoms with Gasteiger partial charge < -0.3 is 0 Å². The zero-order valence-corrected chi connectivity index (χ0v) is 20.5. The minimum atomic E-state index is 0.981. The van der Waals surface area contributed by atoms with Crippen molar-refractivity contribution in [1.29, 1.82) is 0 Å². The van der Waals surface area contributed by atoms with Gasteiger partial charge in [0, 0.05) is 26.2 Å². The number of hydrogen-bond acceptors (Lipinski definition) is 2. The zero-order valence-electron chi connectivity index (χ0n) is 20.5. The second-order valence-corrected chi connectivity index (χ2v) is 10.2. The summed E-state index contributed by atoms with van der Waals surface area (Å²) in [5.41, 5.74) is 2.92. The van der Waals surface area contributed by atoms with Gasteiger partial charge in [-0.2, -0.15) is 0 Å². The highest BCUT2D eigenvalue weighted by Gasteiger charge is 2.21. The summed E-state index contributed by atoms with van der Waals surface area (Å²) in [7, 11) is 0. The maximum absolute atomic E-state index is 2.64. The number of rotatable bonds is 4. The average Bonchev–Trinajstić information content (AvgIpc) is 2.93. The number of fused-ring (bicyclic) bond motifs is 4. The Kier molecular flexibility index (Phi) is 5.42. The van der Waals surface area contributed by atoms with Gasteiger partial charge in [-0.1, -0.05) is 97.1 Å². The molecule has 0 amide bonds. The van der Waals surface area contributed by atoms with Gasteiger partial charge in [0.1, 0.15) is 0 Å². The third-order valence-corrected chi connectivity index (χ3v) is 7.88. The molecule has 0 N–H and O–H groups in total. The molecule has 6 aromatic carbocycles. The van der Waals surface area contributed by atoms with Crippen LogP contribution in [-0.2, 0) is 13.1 Å². The molecule has 7 rings (SSSR count). The molecule has 0 atom stereocenters. The van der Waals surface area contributed by atoms with E-state index in [1.807, 2.05) is 0 Å². The van der Waals surface area contributed by atoms with Crippen LogP contribution in [0.3, 0.4) is 0 Å². The van der Waals surface area contributed by atoms with Crippen molar-refractivity contribution < 1.29 is 0 Å². The summed E-state index contributed by atoms with van der Waals surface area (Å²) in [6.45, 7) is 5.24. The number of nitrogens with zero attached hydrogens (tertiary/aromatic N) is 2. The first-order chi connectivity index (χ1) is 17.8. The normalized spacial score (nSPS) is 15.3. The summed E-state index contributed by atoms with van der Waals surface area (Å²) in [4.78, 5) is 5.29. The lowest BCUT2D eigenvalue weighted by Crippen LogP contribution is -2.43. The molecule has 0 aromatic heterocycles. The lowest BCUT2D eigenvalue weighted by molar-refractivity contribution is 0.0758. The van der Waals surface area contributed by atoms with E-state index >= 15 is 0 Å². The SMILES string of the molecule is c1ccc2c(CN3CCCN(Cc4c5ccccc5cc5ccccc45)C3)c3ccccc3cc2c1. The van der Waals surface area contributed by atoms with E-state index in [4.69, 9.17) is 0 Å². The van der Waals surface area contributed by atoms with E-state index in [0.717, 1.165) is 32.8 Å². The largest absolute Gasteiger partial charge is 0.286 e. The number of benzene rings is 6. The van der Waals surface area contributed by atoms with Gasteiger partial charge in [0.2, 0.25) is 0 Å². The molecule has 1 heterocycles. The van der Waals surface area contributed by atoms with Crippen molar-refractivity contribution in [3.63, 3.8) is 0 Å². The summed E-state index contributed by atoms with van der Waals surface area (Å²) < 4.78 is 0. The van der Waals surface area contributed by atoms with Crippen molar-refractivity contribution >= 4 is 43.1 Å². The monoisotopic (exact) mass is 466 g/mol. The smallest absolute Gasteiger partial charge is 0.0512 e. The van der Waals surface area contributed by atoms with Crippen molar-refractivity contribution in [3.05, 3.63) is 120 Å². The Morgan fingerprint density at radius 1 is 0.444 bits per heavy atom. The fourth-order valence-corrected chi connectivity index (χ4v) is 6.20. The molecule has 0 aliphatic carbocycles. The van der Waals surface area contributed by atoms with Crippen LogP contribution in [0.5, 0.6) is 0 Å². The van der Waals surface area contributed by atoms with Crippen LogP contribution in [-0.4, -0.2) is 29.6 Å². The van der Waals surface area contributed by atoms with Crippen molar-refractivity contribution in [2.24, 2.45) is 0 Å². The van der Waals surface area contributed by atoms with Gasteiger partial charge in [-0.05, 0) is 72.8 Å². The van der Waals surface area contributed by atoms with Crippen LogP contribution in [0.4, 0.5) is 0 Å². The quantitative estimate of drug-likeness (QED) is 0.243. The standard InChI is InChI=1S/C34H30N2/c1-5-14-29-25(10-1)20-26-11-2-6-15-30(26)33(29)22-35-18-9-19-36(24-35)23-34-31-16-7-3-12-27(31)21-28-13-4-8-17-32(28)34/h1-8,10-17,20-21H,9,18-19,22-24H2. The molecule has 6 aromatic rings. The molecule has 2 heteroatoms. The lowest BCUT2D eigenvalue weighted by Gasteiger charge is -2.36. The van der Waals surface area contributed by atoms with Crippen LogP contribution >= 0.6 is 0 Å². The van der Waals surface area contributed by atoms with Crippen LogP contribution in [0.15, 0.2) is 109 Å². The fraction of sp³-hybridized carbons (Fsp3) is 0.176. The highest BCUT2D eigenvalue weighted by Crippen LogP contribution is 2.32. The van der Waals surface area contributed by atoms with Crippen molar-refractivity contribution in [2.75, 3.05) is 19.8 Å². The van der Waals surface area contributed by atoms with E-state index in [1.165, 1.54) is 60.6 Å². The van der Waals surface area contributed by atoms with E-state index in [1.54, 1.807) is 0 Å². The molecule has 1 aliphatic rings. The van der Waals surface area contributed by atoms with Gasteiger partial charge in [-0.3, -0.25) is 9.80 Å². The third-order valence-electron chi connectivity index (χ3n) is 7.88. The Balaban J connectivity index is 1.23. The van der Waals surface area contributed by atoms with E-state index in [-0.39, 0.29) is 0 Å². The van der Waals surface area contributed by atoms with Gasteiger partial charge in [-0.15, -0.1) is 0 Å². The molecule has 176 valence electrons. The maximum atomic E-state index is 2.64. The first kappa shape index (κ1) is 21.6. The molecule has 0 unspecified atom stereocenters. The minimum absolute atomic E-state index is 0.981. The molecule has 1 saturated heterocycles. The summed E-state index contributed by atoms with van der Waals surface area (Å²) in [6.07, 6.45) is 1.20. The molecule has 0 spiro atoms. The van der Waals surface area contributed by atoms with Crippen molar-refractivity contribution in [1.82, 2.24) is 9.80 Å². The van der Waals surface area contributed by atoms with Gasteiger partial charge in [-0.25, -0.2) is 0 Å². The van der Waals surface area contributed by atoms with E-state index < -0.39 is 0 Å². The number of hydrogen-bond donors (Lipinski definition) is 0. The zero-order chi connectivity index (χ0) is 23.9. The molecule has 1 fully saturated rings. The van der Waals surface area contributed by atoms with Crippen LogP contribution in [0.2, 0.25) is 0 Å². The second-order valence-electron chi connectivity index (χ2n) is 10.2. The molecular formula is C34H30N2. The molecule has 0 bridgehead atoms. The molecule has 0 saturated carbocycles.